The monoisotopic (exact) mass is 298 g/mol. The lowest BCUT2D eigenvalue weighted by Gasteiger charge is -2.24. The Hall–Kier alpha value is -2.36. The molecule has 1 N–H and O–H groups in total. The number of rotatable bonds is 6. The van der Waals surface area contributed by atoms with Crippen LogP contribution in [0.15, 0.2) is 42.5 Å². The van der Waals surface area contributed by atoms with Crippen molar-refractivity contribution in [3.8, 4) is 0 Å². The maximum absolute atomic E-state index is 12.3. The lowest BCUT2D eigenvalue weighted by Crippen LogP contribution is -2.38. The zero-order valence-electron chi connectivity index (χ0n) is 13.1. The number of hydrogen-bond donors (Lipinski definition) is 1. The molecule has 0 saturated heterocycles. The van der Waals surface area contributed by atoms with E-state index in [1.807, 2.05) is 56.3 Å². The van der Waals surface area contributed by atoms with Crippen LogP contribution in [0.2, 0.25) is 0 Å². The van der Waals surface area contributed by atoms with Crippen molar-refractivity contribution in [3.05, 3.63) is 42.5 Å². The zero-order valence-corrected chi connectivity index (χ0v) is 13.1. The Labute approximate surface area is 131 Å². The van der Waals surface area contributed by atoms with Gasteiger partial charge in [-0.05, 0) is 11.5 Å². The number of benzene rings is 2. The third kappa shape index (κ3) is 3.64. The van der Waals surface area contributed by atoms with E-state index in [1.54, 1.807) is 4.90 Å². The van der Waals surface area contributed by atoms with Crippen molar-refractivity contribution in [3.63, 3.8) is 0 Å². The van der Waals surface area contributed by atoms with E-state index in [0.717, 1.165) is 16.5 Å². The Balaban J connectivity index is 2.28. The minimum Gasteiger partial charge on any atom is -0.354 e. The summed E-state index contributed by atoms with van der Waals surface area (Å²) in [5, 5.41) is 4.98. The first-order chi connectivity index (χ1) is 10.7. The Bertz CT molecular complexity index is 662. The quantitative estimate of drug-likeness (QED) is 0.891. The van der Waals surface area contributed by atoms with Gasteiger partial charge in [-0.15, -0.1) is 0 Å². The molecule has 0 radical (unpaired) electrons. The Morgan fingerprint density at radius 1 is 1.00 bits per heavy atom. The summed E-state index contributed by atoms with van der Waals surface area (Å²) in [5.41, 5.74) is 0.899. The van der Waals surface area contributed by atoms with Gasteiger partial charge in [0.25, 0.3) is 0 Å². The summed E-state index contributed by atoms with van der Waals surface area (Å²) in [4.78, 5) is 25.4. The molecule has 0 aliphatic heterocycles. The number of carbonyl (C=O) groups excluding carboxylic acids is 2. The Morgan fingerprint density at radius 3 is 2.45 bits per heavy atom. The number of hydrogen-bond acceptors (Lipinski definition) is 2. The second-order valence-electron chi connectivity index (χ2n) is 5.10. The van der Waals surface area contributed by atoms with E-state index in [0.29, 0.717) is 25.9 Å². The van der Waals surface area contributed by atoms with E-state index in [4.69, 9.17) is 0 Å². The SMILES string of the molecule is CCC(=O)NCCN(C(=O)CC)c1cccc2ccccc12. The standard InChI is InChI=1S/C18H22N2O2/c1-3-17(21)19-12-13-20(18(22)4-2)16-11-7-9-14-8-5-6-10-15(14)16/h5-11H,3-4,12-13H2,1-2H3,(H,19,21). The van der Waals surface area contributed by atoms with Crippen LogP contribution in [-0.4, -0.2) is 24.9 Å². The molecule has 22 heavy (non-hydrogen) atoms. The smallest absolute Gasteiger partial charge is 0.226 e. The minimum atomic E-state index is 0.00168. The molecular formula is C18H22N2O2. The van der Waals surface area contributed by atoms with Gasteiger partial charge in [-0.1, -0.05) is 50.2 Å². The maximum Gasteiger partial charge on any atom is 0.226 e. The van der Waals surface area contributed by atoms with Crippen LogP contribution in [0.1, 0.15) is 26.7 Å². The summed E-state index contributed by atoms with van der Waals surface area (Å²) in [6.07, 6.45) is 0.890. The molecule has 4 heteroatoms. The molecule has 2 aromatic carbocycles. The van der Waals surface area contributed by atoms with Crippen molar-refractivity contribution in [2.24, 2.45) is 0 Å². The lowest BCUT2D eigenvalue weighted by atomic mass is 10.1. The summed E-state index contributed by atoms with van der Waals surface area (Å²) in [6.45, 7) is 4.61. The van der Waals surface area contributed by atoms with Crippen LogP contribution in [0.3, 0.4) is 0 Å². The molecule has 0 atom stereocenters. The molecule has 0 spiro atoms. The van der Waals surface area contributed by atoms with Crippen molar-refractivity contribution >= 4 is 28.3 Å². The van der Waals surface area contributed by atoms with Gasteiger partial charge in [-0.2, -0.15) is 0 Å². The molecule has 0 aliphatic carbocycles. The Kier molecular flexibility index (Phi) is 5.53. The highest BCUT2D eigenvalue weighted by Gasteiger charge is 2.16. The highest BCUT2D eigenvalue weighted by atomic mass is 16.2. The fourth-order valence-electron chi connectivity index (χ4n) is 2.45. The van der Waals surface area contributed by atoms with Gasteiger partial charge in [0.2, 0.25) is 11.8 Å². The topological polar surface area (TPSA) is 49.4 Å². The van der Waals surface area contributed by atoms with Gasteiger partial charge < -0.3 is 10.2 Å². The average Bonchev–Trinajstić information content (AvgIpc) is 2.57. The van der Waals surface area contributed by atoms with Gasteiger partial charge in [0, 0.05) is 31.3 Å². The summed E-state index contributed by atoms with van der Waals surface area (Å²) in [5.74, 6) is 0.0592. The molecule has 2 rings (SSSR count). The van der Waals surface area contributed by atoms with E-state index >= 15 is 0 Å². The average molecular weight is 298 g/mol. The van der Waals surface area contributed by atoms with Crippen molar-refractivity contribution in [1.82, 2.24) is 5.32 Å². The fraction of sp³-hybridized carbons (Fsp3) is 0.333. The number of anilines is 1. The summed E-state index contributed by atoms with van der Waals surface area (Å²) in [7, 11) is 0. The molecule has 116 valence electrons. The van der Waals surface area contributed by atoms with Crippen molar-refractivity contribution in [1.29, 1.82) is 0 Å². The number of amides is 2. The second kappa shape index (κ2) is 7.59. The van der Waals surface area contributed by atoms with E-state index in [-0.39, 0.29) is 11.8 Å². The molecule has 2 amide bonds. The Morgan fingerprint density at radius 2 is 1.73 bits per heavy atom. The maximum atomic E-state index is 12.3. The molecule has 2 aromatic rings. The van der Waals surface area contributed by atoms with Crippen LogP contribution in [0, 0.1) is 0 Å². The summed E-state index contributed by atoms with van der Waals surface area (Å²) >= 11 is 0. The van der Waals surface area contributed by atoms with Crippen molar-refractivity contribution in [2.75, 3.05) is 18.0 Å². The van der Waals surface area contributed by atoms with E-state index in [1.165, 1.54) is 0 Å². The van der Waals surface area contributed by atoms with Gasteiger partial charge in [-0.25, -0.2) is 0 Å². The first-order valence-corrected chi connectivity index (χ1v) is 7.72. The van der Waals surface area contributed by atoms with E-state index < -0.39 is 0 Å². The molecule has 0 saturated carbocycles. The third-order valence-electron chi connectivity index (χ3n) is 3.64. The van der Waals surface area contributed by atoms with Crippen LogP contribution in [-0.2, 0) is 9.59 Å². The minimum absolute atomic E-state index is 0.00168. The summed E-state index contributed by atoms with van der Waals surface area (Å²) in [6, 6.07) is 14.0. The first-order valence-electron chi connectivity index (χ1n) is 7.72. The predicted molar refractivity (Wildman–Crippen MR) is 89.9 cm³/mol. The summed E-state index contributed by atoms with van der Waals surface area (Å²) < 4.78 is 0. The molecule has 0 aliphatic rings. The lowest BCUT2D eigenvalue weighted by molar-refractivity contribution is -0.121. The molecule has 4 nitrogen and oxygen atoms in total. The van der Waals surface area contributed by atoms with Gasteiger partial charge in [0.15, 0.2) is 0 Å². The normalized spacial score (nSPS) is 10.5. The van der Waals surface area contributed by atoms with Crippen LogP contribution < -0.4 is 10.2 Å². The van der Waals surface area contributed by atoms with E-state index in [9.17, 15) is 9.59 Å². The molecule has 0 fully saturated rings. The van der Waals surface area contributed by atoms with Crippen molar-refractivity contribution < 1.29 is 9.59 Å². The molecule has 0 heterocycles. The second-order valence-corrected chi connectivity index (χ2v) is 5.10. The zero-order chi connectivity index (χ0) is 15.9. The molecule has 0 aromatic heterocycles. The van der Waals surface area contributed by atoms with E-state index in [2.05, 4.69) is 5.32 Å². The largest absolute Gasteiger partial charge is 0.354 e. The number of nitrogens with zero attached hydrogens (tertiary/aromatic N) is 1. The number of carbonyl (C=O) groups is 2. The van der Waals surface area contributed by atoms with Gasteiger partial charge in [0.1, 0.15) is 0 Å². The highest BCUT2D eigenvalue weighted by Crippen LogP contribution is 2.27. The van der Waals surface area contributed by atoms with Crippen LogP contribution in [0.4, 0.5) is 5.69 Å². The highest BCUT2D eigenvalue weighted by molar-refractivity contribution is 6.03. The van der Waals surface area contributed by atoms with Crippen LogP contribution >= 0.6 is 0 Å². The van der Waals surface area contributed by atoms with Crippen LogP contribution in [0.25, 0.3) is 10.8 Å². The third-order valence-corrected chi connectivity index (χ3v) is 3.64. The molecule has 0 unspecified atom stereocenters. The molecule has 0 bridgehead atoms. The van der Waals surface area contributed by atoms with Gasteiger partial charge in [-0.3, -0.25) is 9.59 Å². The van der Waals surface area contributed by atoms with Gasteiger partial charge >= 0.3 is 0 Å². The number of fused-ring (bicyclic) bond motifs is 1. The van der Waals surface area contributed by atoms with Crippen LogP contribution in [0.5, 0.6) is 0 Å². The van der Waals surface area contributed by atoms with Gasteiger partial charge in [0.05, 0.1) is 5.69 Å². The van der Waals surface area contributed by atoms with Crippen molar-refractivity contribution in [2.45, 2.75) is 26.7 Å². The first kappa shape index (κ1) is 16.0. The predicted octanol–water partition coefficient (Wildman–Crippen LogP) is 3.11. The number of nitrogens with one attached hydrogen (secondary N) is 1. The fourth-order valence-corrected chi connectivity index (χ4v) is 2.45. The molecular weight excluding hydrogens is 276 g/mol.